The molecule has 2 N–H and O–H groups in total. The largest absolute Gasteiger partial charge is 0.378 e. The highest BCUT2D eigenvalue weighted by Gasteiger charge is 2.23. The molecule has 19 heavy (non-hydrogen) atoms. The normalized spacial score (nSPS) is 25.4. The van der Waals surface area contributed by atoms with E-state index < -0.39 is 0 Å². The van der Waals surface area contributed by atoms with Crippen LogP contribution in [0.2, 0.25) is 0 Å². The Bertz CT molecular complexity index is 400. The number of ether oxygens (including phenoxy) is 2. The molecule has 2 unspecified atom stereocenters. The van der Waals surface area contributed by atoms with E-state index in [1.54, 1.807) is 0 Å². The molecular formula is C13H21N3O3. The Balaban J connectivity index is 1.48. The van der Waals surface area contributed by atoms with Crippen molar-refractivity contribution < 1.29 is 14.0 Å². The number of nitrogens with zero attached hydrogens (tertiary/aromatic N) is 2. The van der Waals surface area contributed by atoms with E-state index in [0.29, 0.717) is 30.8 Å². The zero-order valence-corrected chi connectivity index (χ0v) is 11.1. The lowest BCUT2D eigenvalue weighted by Gasteiger charge is -2.26. The molecule has 2 atom stereocenters. The fraction of sp³-hybridized carbons (Fsp3) is 0.846. The molecule has 106 valence electrons. The summed E-state index contributed by atoms with van der Waals surface area (Å²) >= 11 is 0. The number of hydrogen-bond donors (Lipinski definition) is 1. The minimum absolute atomic E-state index is 0.218. The summed E-state index contributed by atoms with van der Waals surface area (Å²) in [5.74, 6) is 1.15. The first-order valence-electron chi connectivity index (χ1n) is 7.12. The van der Waals surface area contributed by atoms with E-state index in [2.05, 4.69) is 10.1 Å². The maximum absolute atomic E-state index is 6.00. The van der Waals surface area contributed by atoms with Gasteiger partial charge in [0.2, 0.25) is 5.89 Å². The van der Waals surface area contributed by atoms with Gasteiger partial charge in [-0.2, -0.15) is 4.98 Å². The monoisotopic (exact) mass is 267 g/mol. The van der Waals surface area contributed by atoms with Gasteiger partial charge >= 0.3 is 0 Å². The molecule has 0 amide bonds. The summed E-state index contributed by atoms with van der Waals surface area (Å²) < 4.78 is 16.4. The Hall–Kier alpha value is -0.980. The van der Waals surface area contributed by atoms with E-state index in [4.69, 9.17) is 19.7 Å². The van der Waals surface area contributed by atoms with E-state index in [-0.39, 0.29) is 12.1 Å². The lowest BCUT2D eigenvalue weighted by Crippen LogP contribution is -2.27. The van der Waals surface area contributed by atoms with Gasteiger partial charge in [0, 0.05) is 6.61 Å². The van der Waals surface area contributed by atoms with Crippen molar-refractivity contribution in [3.05, 3.63) is 11.7 Å². The summed E-state index contributed by atoms with van der Waals surface area (Å²) in [4.78, 5) is 4.33. The molecule has 0 aromatic carbocycles. The standard InChI is InChI=1S/C13H21N3O3/c14-11(8-18-9-3-1-4-9)13-15-12(19-16-13)7-10-5-2-6-17-10/h9-11H,1-8,14H2. The Morgan fingerprint density at radius 1 is 1.32 bits per heavy atom. The van der Waals surface area contributed by atoms with Crippen LogP contribution in [0.3, 0.4) is 0 Å². The van der Waals surface area contributed by atoms with Crippen LogP contribution in [0.15, 0.2) is 4.52 Å². The van der Waals surface area contributed by atoms with Gasteiger partial charge in [-0.25, -0.2) is 0 Å². The quantitative estimate of drug-likeness (QED) is 0.838. The average Bonchev–Trinajstić information content (AvgIpc) is 2.99. The zero-order valence-electron chi connectivity index (χ0n) is 11.1. The Kier molecular flexibility index (Phi) is 4.10. The summed E-state index contributed by atoms with van der Waals surface area (Å²) in [7, 11) is 0. The maximum atomic E-state index is 6.00. The molecule has 1 aliphatic heterocycles. The molecule has 2 aliphatic rings. The molecule has 2 heterocycles. The summed E-state index contributed by atoms with van der Waals surface area (Å²) in [6, 6.07) is -0.303. The van der Waals surface area contributed by atoms with Crippen LogP contribution in [-0.2, 0) is 15.9 Å². The van der Waals surface area contributed by atoms with E-state index in [1.165, 1.54) is 6.42 Å². The van der Waals surface area contributed by atoms with Gasteiger partial charge in [-0.1, -0.05) is 5.16 Å². The van der Waals surface area contributed by atoms with Gasteiger partial charge < -0.3 is 19.7 Å². The van der Waals surface area contributed by atoms with Crippen LogP contribution in [0.4, 0.5) is 0 Å². The first-order valence-corrected chi connectivity index (χ1v) is 7.12. The van der Waals surface area contributed by atoms with E-state index in [1.807, 2.05) is 0 Å². The summed E-state index contributed by atoms with van der Waals surface area (Å²) in [6.45, 7) is 1.30. The van der Waals surface area contributed by atoms with Crippen molar-refractivity contribution in [2.45, 2.75) is 56.8 Å². The SMILES string of the molecule is NC(COC1CCC1)c1noc(CC2CCCO2)n1. The van der Waals surface area contributed by atoms with Crippen molar-refractivity contribution in [2.24, 2.45) is 5.73 Å². The van der Waals surface area contributed by atoms with Gasteiger partial charge in [-0.15, -0.1) is 0 Å². The molecule has 2 fully saturated rings. The smallest absolute Gasteiger partial charge is 0.229 e. The molecule has 3 rings (SSSR count). The van der Waals surface area contributed by atoms with Crippen LogP contribution < -0.4 is 5.73 Å². The first-order chi connectivity index (χ1) is 9.31. The minimum Gasteiger partial charge on any atom is -0.378 e. The Morgan fingerprint density at radius 3 is 2.89 bits per heavy atom. The van der Waals surface area contributed by atoms with Crippen LogP contribution in [0, 0.1) is 0 Å². The summed E-state index contributed by atoms with van der Waals surface area (Å²) in [6.07, 6.45) is 7.00. The fourth-order valence-corrected chi connectivity index (χ4v) is 2.35. The minimum atomic E-state index is -0.303. The lowest BCUT2D eigenvalue weighted by molar-refractivity contribution is -0.00549. The molecule has 1 aliphatic carbocycles. The second kappa shape index (κ2) is 5.98. The van der Waals surface area contributed by atoms with Crippen molar-refractivity contribution in [3.8, 4) is 0 Å². The van der Waals surface area contributed by atoms with Crippen LogP contribution in [-0.4, -0.2) is 35.6 Å². The van der Waals surface area contributed by atoms with Gasteiger partial charge in [-0.3, -0.25) is 0 Å². The van der Waals surface area contributed by atoms with Crippen LogP contribution >= 0.6 is 0 Å². The van der Waals surface area contributed by atoms with Crippen molar-refractivity contribution in [3.63, 3.8) is 0 Å². The average molecular weight is 267 g/mol. The number of rotatable bonds is 6. The van der Waals surface area contributed by atoms with Crippen molar-refractivity contribution in [2.75, 3.05) is 13.2 Å². The van der Waals surface area contributed by atoms with Crippen LogP contribution in [0.25, 0.3) is 0 Å². The number of aromatic nitrogens is 2. The number of hydrogen-bond acceptors (Lipinski definition) is 6. The van der Waals surface area contributed by atoms with E-state index >= 15 is 0 Å². The highest BCUT2D eigenvalue weighted by Crippen LogP contribution is 2.23. The van der Waals surface area contributed by atoms with Crippen LogP contribution in [0.5, 0.6) is 0 Å². The highest BCUT2D eigenvalue weighted by molar-refractivity contribution is 4.94. The molecular weight excluding hydrogens is 246 g/mol. The van der Waals surface area contributed by atoms with Gasteiger partial charge in [0.15, 0.2) is 5.82 Å². The fourth-order valence-electron chi connectivity index (χ4n) is 2.35. The molecule has 1 saturated heterocycles. The Morgan fingerprint density at radius 2 is 2.21 bits per heavy atom. The number of nitrogens with two attached hydrogens (primary N) is 1. The molecule has 1 aromatic rings. The summed E-state index contributed by atoms with van der Waals surface area (Å²) in [5.41, 5.74) is 6.00. The zero-order chi connectivity index (χ0) is 13.1. The van der Waals surface area contributed by atoms with E-state index in [0.717, 1.165) is 32.3 Å². The molecule has 1 aromatic heterocycles. The molecule has 6 heteroatoms. The first kappa shape index (κ1) is 13.0. The van der Waals surface area contributed by atoms with E-state index in [9.17, 15) is 0 Å². The predicted octanol–water partition coefficient (Wildman–Crippen LogP) is 1.36. The second-order valence-corrected chi connectivity index (χ2v) is 5.38. The molecule has 0 bridgehead atoms. The Labute approximate surface area is 112 Å². The summed E-state index contributed by atoms with van der Waals surface area (Å²) in [5, 5.41) is 3.93. The van der Waals surface area contributed by atoms with Gasteiger partial charge in [-0.05, 0) is 32.1 Å². The highest BCUT2D eigenvalue weighted by atomic mass is 16.5. The third-order valence-electron chi connectivity index (χ3n) is 3.81. The van der Waals surface area contributed by atoms with Gasteiger partial charge in [0.05, 0.1) is 31.3 Å². The topological polar surface area (TPSA) is 83.4 Å². The van der Waals surface area contributed by atoms with Gasteiger partial charge in [0.1, 0.15) is 0 Å². The molecule has 6 nitrogen and oxygen atoms in total. The van der Waals surface area contributed by atoms with Crippen molar-refractivity contribution in [1.82, 2.24) is 10.1 Å². The van der Waals surface area contributed by atoms with Crippen molar-refractivity contribution >= 4 is 0 Å². The third kappa shape index (κ3) is 3.32. The maximum Gasteiger partial charge on any atom is 0.229 e. The van der Waals surface area contributed by atoms with Crippen LogP contribution in [0.1, 0.15) is 49.9 Å². The van der Waals surface area contributed by atoms with Crippen molar-refractivity contribution in [1.29, 1.82) is 0 Å². The molecule has 0 spiro atoms. The third-order valence-corrected chi connectivity index (χ3v) is 3.81. The second-order valence-electron chi connectivity index (χ2n) is 5.38. The molecule has 1 saturated carbocycles. The molecule has 0 radical (unpaired) electrons. The predicted molar refractivity (Wildman–Crippen MR) is 67.5 cm³/mol. The van der Waals surface area contributed by atoms with Gasteiger partial charge in [0.25, 0.3) is 0 Å². The lowest BCUT2D eigenvalue weighted by atomic mass is 9.96.